The van der Waals surface area contributed by atoms with Gasteiger partial charge < -0.3 is 10.6 Å². The maximum Gasteiger partial charge on any atom is 0.266 e. The van der Waals surface area contributed by atoms with E-state index in [0.717, 1.165) is 55.7 Å². The van der Waals surface area contributed by atoms with Gasteiger partial charge in [0, 0.05) is 30.2 Å². The molecule has 4 rings (SSSR count). The second-order valence-electron chi connectivity index (χ2n) is 7.71. The number of nitrogens with one attached hydrogen (secondary N) is 3. The summed E-state index contributed by atoms with van der Waals surface area (Å²) in [6.45, 7) is 0.741. The molecule has 10 heteroatoms. The summed E-state index contributed by atoms with van der Waals surface area (Å²) >= 11 is 7.48. The van der Waals surface area contributed by atoms with E-state index in [-0.39, 0.29) is 22.2 Å². The Morgan fingerprint density at radius 3 is 2.59 bits per heavy atom. The quantitative estimate of drug-likeness (QED) is 0.398. The van der Waals surface area contributed by atoms with Crippen molar-refractivity contribution in [3.05, 3.63) is 70.4 Å². The largest absolute Gasteiger partial charge is 0.379 e. The summed E-state index contributed by atoms with van der Waals surface area (Å²) in [5.41, 5.74) is 1.58. The van der Waals surface area contributed by atoms with Crippen LogP contribution in [0.25, 0.3) is 0 Å². The molecule has 2 atom stereocenters. The summed E-state index contributed by atoms with van der Waals surface area (Å²) in [6.07, 6.45) is 5.55. The van der Waals surface area contributed by atoms with Gasteiger partial charge in [-0.3, -0.25) is 4.72 Å². The number of rotatable bonds is 8. The van der Waals surface area contributed by atoms with Gasteiger partial charge in [0.2, 0.25) is 0 Å². The summed E-state index contributed by atoms with van der Waals surface area (Å²) in [4.78, 5) is 3.37. The number of thiazole rings is 1. The SMILES string of the molecule is O=S(=O)(Nc1nccs1)c1cc(Cl)c(NC2CCCC[C@@H]2NCc2ccccc2)cc1F. The Labute approximate surface area is 196 Å². The Bertz CT molecular complexity index is 1140. The molecular weight excluding hydrogens is 471 g/mol. The van der Waals surface area contributed by atoms with Crippen molar-refractivity contribution in [2.45, 2.75) is 49.2 Å². The molecule has 1 heterocycles. The average Bonchev–Trinajstić information content (AvgIpc) is 3.28. The molecule has 32 heavy (non-hydrogen) atoms. The van der Waals surface area contributed by atoms with Crippen LogP contribution in [0.4, 0.5) is 15.2 Å². The lowest BCUT2D eigenvalue weighted by atomic mass is 9.90. The van der Waals surface area contributed by atoms with Gasteiger partial charge in [-0.05, 0) is 30.5 Å². The van der Waals surface area contributed by atoms with Crippen LogP contribution in [0.15, 0.2) is 58.9 Å². The van der Waals surface area contributed by atoms with Crippen molar-refractivity contribution >= 4 is 43.8 Å². The number of aromatic nitrogens is 1. The van der Waals surface area contributed by atoms with Crippen LogP contribution >= 0.6 is 22.9 Å². The Morgan fingerprint density at radius 2 is 1.88 bits per heavy atom. The van der Waals surface area contributed by atoms with Gasteiger partial charge in [0.1, 0.15) is 10.7 Å². The van der Waals surface area contributed by atoms with Crippen LogP contribution in [0, 0.1) is 5.82 Å². The highest BCUT2D eigenvalue weighted by Gasteiger charge is 2.27. The minimum Gasteiger partial charge on any atom is -0.379 e. The first-order valence-corrected chi connectivity index (χ1v) is 13.1. The number of benzene rings is 2. The molecule has 2 aromatic carbocycles. The van der Waals surface area contributed by atoms with Gasteiger partial charge in [-0.25, -0.2) is 17.8 Å². The highest BCUT2D eigenvalue weighted by Crippen LogP contribution is 2.32. The van der Waals surface area contributed by atoms with Gasteiger partial charge in [0.05, 0.1) is 10.7 Å². The fourth-order valence-corrected chi connectivity index (χ4v) is 6.04. The van der Waals surface area contributed by atoms with Crippen molar-refractivity contribution < 1.29 is 12.8 Å². The van der Waals surface area contributed by atoms with Crippen LogP contribution < -0.4 is 15.4 Å². The van der Waals surface area contributed by atoms with Gasteiger partial charge in [0.25, 0.3) is 10.0 Å². The Morgan fingerprint density at radius 1 is 1.12 bits per heavy atom. The molecule has 0 spiro atoms. The van der Waals surface area contributed by atoms with E-state index in [1.807, 2.05) is 18.2 Å². The van der Waals surface area contributed by atoms with Crippen LogP contribution in [-0.2, 0) is 16.6 Å². The number of anilines is 2. The third kappa shape index (κ3) is 5.58. The lowest BCUT2D eigenvalue weighted by molar-refractivity contribution is 0.342. The maximum atomic E-state index is 14.8. The summed E-state index contributed by atoms with van der Waals surface area (Å²) in [5, 5.41) is 8.87. The molecule has 6 nitrogen and oxygen atoms in total. The van der Waals surface area contributed by atoms with Gasteiger partial charge in [-0.2, -0.15) is 0 Å². The standard InChI is InChI=1S/C22H24ClFN4O2S2/c23-16-12-21(32(29,30)28-22-25-10-11-31-22)17(24)13-20(16)27-19-9-5-4-8-18(19)26-14-15-6-2-1-3-7-15/h1-3,6-7,10-13,18-19,26-27H,4-5,8-9,14H2,(H,25,28)/t18-,19?/m0/s1. The predicted octanol–water partition coefficient (Wildman–Crippen LogP) is 5.25. The molecule has 0 aliphatic heterocycles. The zero-order valence-corrected chi connectivity index (χ0v) is 19.6. The van der Waals surface area contributed by atoms with E-state index in [9.17, 15) is 12.8 Å². The number of hydrogen-bond donors (Lipinski definition) is 3. The number of halogens is 2. The van der Waals surface area contributed by atoms with Gasteiger partial charge in [0.15, 0.2) is 5.13 Å². The third-order valence-electron chi connectivity index (χ3n) is 5.48. The van der Waals surface area contributed by atoms with Gasteiger partial charge in [-0.15, -0.1) is 11.3 Å². The highest BCUT2D eigenvalue weighted by molar-refractivity contribution is 7.93. The van der Waals surface area contributed by atoms with Crippen molar-refractivity contribution in [1.82, 2.24) is 10.3 Å². The average molecular weight is 495 g/mol. The van der Waals surface area contributed by atoms with Crippen molar-refractivity contribution in [3.8, 4) is 0 Å². The third-order valence-corrected chi connectivity index (χ3v) is 7.97. The maximum absolute atomic E-state index is 14.8. The lowest BCUT2D eigenvalue weighted by Gasteiger charge is -2.34. The first-order chi connectivity index (χ1) is 15.4. The molecule has 1 unspecified atom stereocenters. The first kappa shape index (κ1) is 23.0. The zero-order chi connectivity index (χ0) is 22.6. The van der Waals surface area contributed by atoms with Crippen molar-refractivity contribution in [2.24, 2.45) is 0 Å². The molecule has 1 aromatic heterocycles. The van der Waals surface area contributed by atoms with Crippen LogP contribution in [0.3, 0.4) is 0 Å². The lowest BCUT2D eigenvalue weighted by Crippen LogP contribution is -2.46. The van der Waals surface area contributed by atoms with E-state index < -0.39 is 20.7 Å². The van der Waals surface area contributed by atoms with E-state index in [4.69, 9.17) is 11.6 Å². The normalized spacial score (nSPS) is 18.9. The molecule has 3 N–H and O–H groups in total. The molecule has 0 radical (unpaired) electrons. The summed E-state index contributed by atoms with van der Waals surface area (Å²) < 4.78 is 42.2. The van der Waals surface area contributed by atoms with Crippen molar-refractivity contribution in [2.75, 3.05) is 10.0 Å². The fourth-order valence-electron chi connectivity index (χ4n) is 3.88. The Kier molecular flexibility index (Phi) is 7.30. The van der Waals surface area contributed by atoms with E-state index in [1.54, 1.807) is 5.38 Å². The minimum atomic E-state index is -4.14. The molecule has 170 valence electrons. The molecule has 1 aliphatic rings. The molecule has 1 saturated carbocycles. The second kappa shape index (κ2) is 10.2. The minimum absolute atomic E-state index is 0.0558. The highest BCUT2D eigenvalue weighted by atomic mass is 35.5. The van der Waals surface area contributed by atoms with Crippen LogP contribution in [0.1, 0.15) is 31.2 Å². The van der Waals surface area contributed by atoms with Crippen molar-refractivity contribution in [1.29, 1.82) is 0 Å². The molecule has 0 bridgehead atoms. The van der Waals surface area contributed by atoms with Crippen LogP contribution in [0.5, 0.6) is 0 Å². The molecule has 0 saturated heterocycles. The second-order valence-corrected chi connectivity index (χ2v) is 10.7. The van der Waals surface area contributed by atoms with E-state index in [1.165, 1.54) is 11.8 Å². The van der Waals surface area contributed by atoms with Gasteiger partial charge in [-0.1, -0.05) is 54.8 Å². The van der Waals surface area contributed by atoms with Crippen molar-refractivity contribution in [3.63, 3.8) is 0 Å². The van der Waals surface area contributed by atoms with E-state index >= 15 is 0 Å². The summed E-state index contributed by atoms with van der Waals surface area (Å²) in [7, 11) is -4.14. The summed E-state index contributed by atoms with van der Waals surface area (Å²) in [6, 6.07) is 12.7. The Hall–Kier alpha value is -2.20. The first-order valence-electron chi connectivity index (χ1n) is 10.4. The Balaban J connectivity index is 1.48. The molecule has 1 aliphatic carbocycles. The fraction of sp³-hybridized carbons (Fsp3) is 0.318. The van der Waals surface area contributed by atoms with E-state index in [2.05, 4.69) is 32.5 Å². The van der Waals surface area contributed by atoms with Gasteiger partial charge >= 0.3 is 0 Å². The number of hydrogen-bond acceptors (Lipinski definition) is 6. The molecule has 3 aromatic rings. The molecule has 0 amide bonds. The summed E-state index contributed by atoms with van der Waals surface area (Å²) in [5.74, 6) is -0.870. The van der Waals surface area contributed by atoms with Crippen LogP contribution in [-0.4, -0.2) is 25.5 Å². The smallest absolute Gasteiger partial charge is 0.266 e. The topological polar surface area (TPSA) is 83.1 Å². The molecular formula is C22H24ClFN4O2S2. The van der Waals surface area contributed by atoms with E-state index in [0.29, 0.717) is 5.69 Å². The molecule has 1 fully saturated rings. The predicted molar refractivity (Wildman–Crippen MR) is 127 cm³/mol. The number of nitrogens with zero attached hydrogens (tertiary/aromatic N) is 1. The van der Waals surface area contributed by atoms with Crippen LogP contribution in [0.2, 0.25) is 5.02 Å². The monoisotopic (exact) mass is 494 g/mol. The zero-order valence-electron chi connectivity index (χ0n) is 17.2. The number of sulfonamides is 1.